The second-order valence-corrected chi connectivity index (χ2v) is 9.90. The zero-order valence-corrected chi connectivity index (χ0v) is 23.5. The second kappa shape index (κ2) is 11.8. The van der Waals surface area contributed by atoms with E-state index in [0.29, 0.717) is 0 Å². The Morgan fingerprint density at radius 2 is 1.75 bits per heavy atom. The van der Waals surface area contributed by atoms with E-state index in [9.17, 15) is 0 Å². The van der Waals surface area contributed by atoms with Crippen LogP contribution in [0.2, 0.25) is 0 Å². The molecule has 4 nitrogen and oxygen atoms in total. The van der Waals surface area contributed by atoms with Crippen molar-refractivity contribution in [2.45, 2.75) is 13.8 Å². The van der Waals surface area contributed by atoms with E-state index in [0.717, 1.165) is 50.3 Å². The molecule has 0 saturated carbocycles. The fourth-order valence-electron chi connectivity index (χ4n) is 5.00. The van der Waals surface area contributed by atoms with Gasteiger partial charge in [-0.05, 0) is 91.2 Å². The van der Waals surface area contributed by atoms with Crippen LogP contribution in [0.3, 0.4) is 0 Å². The lowest BCUT2D eigenvalue weighted by Crippen LogP contribution is -2.12. The lowest BCUT2D eigenvalue weighted by molar-refractivity contribution is 0.525. The number of fused-ring (bicyclic) bond motifs is 3. The van der Waals surface area contributed by atoms with Crippen LogP contribution in [-0.2, 0) is 0 Å². The van der Waals surface area contributed by atoms with Crippen molar-refractivity contribution in [1.82, 2.24) is 19.4 Å². The minimum Gasteiger partial charge on any atom is -0.377 e. The topological polar surface area (TPSA) is 34.0 Å². The van der Waals surface area contributed by atoms with Crippen LogP contribution in [0.4, 0.5) is 0 Å². The van der Waals surface area contributed by atoms with E-state index in [1.165, 1.54) is 10.9 Å². The number of aromatic nitrogens is 3. The summed E-state index contributed by atoms with van der Waals surface area (Å²) in [4.78, 5) is 11.4. The summed E-state index contributed by atoms with van der Waals surface area (Å²) in [5.74, 6) is 0. The minimum absolute atomic E-state index is 0.934. The van der Waals surface area contributed by atoms with E-state index >= 15 is 0 Å². The van der Waals surface area contributed by atoms with Crippen LogP contribution in [-0.4, -0.2) is 33.5 Å². The fourth-order valence-corrected chi connectivity index (χ4v) is 5.00. The van der Waals surface area contributed by atoms with Gasteiger partial charge in [0.05, 0.1) is 11.2 Å². The molecule has 0 unspecified atom stereocenters. The fraction of sp³-hybridized carbons (Fsp3) is 0.111. The molecule has 3 aromatic heterocycles. The van der Waals surface area contributed by atoms with Gasteiger partial charge >= 0.3 is 0 Å². The quantitative estimate of drug-likeness (QED) is 0.191. The smallest absolute Gasteiger partial charge is 0.145 e. The SMILES string of the molecule is C=C/C=C(C(/C=C/c1cccc(-n2c3ccc(C)cc3c3cccnc32)c1)=C/C(=C\C)c1ccccn1)\N(C)C. The first-order valence-electron chi connectivity index (χ1n) is 13.4. The Labute approximate surface area is 236 Å². The number of pyridine rings is 2. The highest BCUT2D eigenvalue weighted by atomic mass is 15.1. The van der Waals surface area contributed by atoms with Gasteiger partial charge in [0.2, 0.25) is 0 Å². The standard InChI is InChI=1S/C36H34N4/c1-6-12-34(39(4)5)29(25-28(7-2)33-16-8-9-21-37-33)19-18-27-13-10-14-30(24-27)40-35-20-17-26(3)23-32(35)31-15-11-22-38-36(31)40/h6-25H,1H2,2-5H3/b19-18+,28-7+,29-25+,34-12-. The van der Waals surface area contributed by atoms with E-state index in [1.54, 1.807) is 0 Å². The molecule has 2 aromatic carbocycles. The average Bonchev–Trinajstić information content (AvgIpc) is 3.30. The third kappa shape index (κ3) is 5.43. The Kier molecular flexibility index (Phi) is 7.88. The number of allylic oxidation sites excluding steroid dienone is 6. The molecule has 5 aromatic rings. The van der Waals surface area contributed by atoms with Crippen LogP contribution in [0, 0.1) is 6.92 Å². The molecule has 0 aliphatic heterocycles. The number of hydrogen-bond acceptors (Lipinski definition) is 3. The van der Waals surface area contributed by atoms with Crippen LogP contribution in [0.25, 0.3) is 39.3 Å². The molecule has 0 N–H and O–H groups in total. The van der Waals surface area contributed by atoms with Gasteiger partial charge in [-0.15, -0.1) is 0 Å². The lowest BCUT2D eigenvalue weighted by atomic mass is 10.0. The van der Waals surface area contributed by atoms with E-state index in [-0.39, 0.29) is 0 Å². The van der Waals surface area contributed by atoms with Gasteiger partial charge in [0.15, 0.2) is 0 Å². The van der Waals surface area contributed by atoms with Gasteiger partial charge in [0.1, 0.15) is 5.65 Å². The Morgan fingerprint density at radius 1 is 0.900 bits per heavy atom. The summed E-state index contributed by atoms with van der Waals surface area (Å²) in [7, 11) is 4.09. The van der Waals surface area contributed by atoms with E-state index in [4.69, 9.17) is 4.98 Å². The summed E-state index contributed by atoms with van der Waals surface area (Å²) >= 11 is 0. The number of benzene rings is 2. The van der Waals surface area contributed by atoms with Crippen molar-refractivity contribution in [2.24, 2.45) is 0 Å². The van der Waals surface area contributed by atoms with Gasteiger partial charge in [-0.25, -0.2) is 4.98 Å². The molecule has 4 heteroatoms. The highest BCUT2D eigenvalue weighted by Crippen LogP contribution is 2.32. The normalized spacial score (nSPS) is 12.9. The van der Waals surface area contributed by atoms with E-state index < -0.39 is 0 Å². The van der Waals surface area contributed by atoms with Gasteiger partial charge in [-0.3, -0.25) is 9.55 Å². The molecule has 0 aliphatic carbocycles. The largest absolute Gasteiger partial charge is 0.377 e. The van der Waals surface area contributed by atoms with Crippen molar-refractivity contribution < 1.29 is 0 Å². The first-order valence-corrected chi connectivity index (χ1v) is 13.4. The first kappa shape index (κ1) is 26.6. The minimum atomic E-state index is 0.934. The van der Waals surface area contributed by atoms with Crippen LogP contribution >= 0.6 is 0 Å². The van der Waals surface area contributed by atoms with Crippen molar-refractivity contribution >= 4 is 33.6 Å². The lowest BCUT2D eigenvalue weighted by Gasteiger charge is -2.19. The second-order valence-electron chi connectivity index (χ2n) is 9.90. The van der Waals surface area contributed by atoms with E-state index in [2.05, 4.69) is 101 Å². The van der Waals surface area contributed by atoms with Crippen molar-refractivity contribution in [1.29, 1.82) is 0 Å². The summed E-state index contributed by atoms with van der Waals surface area (Å²) in [5.41, 5.74) is 9.62. The predicted molar refractivity (Wildman–Crippen MR) is 170 cm³/mol. The third-order valence-electron chi connectivity index (χ3n) is 6.90. The van der Waals surface area contributed by atoms with Crippen LogP contribution < -0.4 is 0 Å². The summed E-state index contributed by atoms with van der Waals surface area (Å²) in [6.07, 6.45) is 16.1. The number of aryl methyl sites for hydroxylation is 1. The summed E-state index contributed by atoms with van der Waals surface area (Å²) in [6.45, 7) is 8.12. The van der Waals surface area contributed by atoms with E-state index in [1.807, 2.05) is 69.8 Å². The average molecular weight is 523 g/mol. The number of likely N-dealkylation sites (N-methyl/N-ethyl adjacent to an activating group) is 1. The Bertz CT molecular complexity index is 1800. The highest BCUT2D eigenvalue weighted by molar-refractivity contribution is 6.08. The molecule has 0 bridgehead atoms. The number of rotatable bonds is 8. The molecule has 40 heavy (non-hydrogen) atoms. The summed E-state index contributed by atoms with van der Waals surface area (Å²) < 4.78 is 2.25. The summed E-state index contributed by atoms with van der Waals surface area (Å²) in [5, 5.41) is 2.37. The molecule has 3 heterocycles. The van der Waals surface area contributed by atoms with Crippen molar-refractivity contribution in [3.63, 3.8) is 0 Å². The molecule has 5 rings (SSSR count). The van der Waals surface area contributed by atoms with Crippen LogP contribution in [0.1, 0.15) is 23.7 Å². The molecule has 0 atom stereocenters. The molecule has 0 amide bonds. The van der Waals surface area contributed by atoms with Crippen molar-refractivity contribution in [3.05, 3.63) is 150 Å². The van der Waals surface area contributed by atoms with Crippen LogP contribution in [0.5, 0.6) is 0 Å². The maximum atomic E-state index is 4.76. The van der Waals surface area contributed by atoms with Gasteiger partial charge in [-0.1, -0.05) is 60.7 Å². The molecule has 0 aliphatic rings. The third-order valence-corrected chi connectivity index (χ3v) is 6.90. The zero-order valence-electron chi connectivity index (χ0n) is 23.5. The number of hydrogen-bond donors (Lipinski definition) is 0. The maximum absolute atomic E-state index is 4.76. The van der Waals surface area contributed by atoms with Gasteiger partial charge in [0.25, 0.3) is 0 Å². The molecular formula is C36H34N4. The van der Waals surface area contributed by atoms with Crippen LogP contribution in [0.15, 0.2) is 133 Å². The Balaban J connectivity index is 1.60. The van der Waals surface area contributed by atoms with Crippen molar-refractivity contribution in [3.8, 4) is 5.69 Å². The molecule has 0 saturated heterocycles. The Hall–Kier alpha value is -4.96. The molecule has 0 spiro atoms. The Morgan fingerprint density at radius 3 is 2.50 bits per heavy atom. The molecule has 0 fully saturated rings. The van der Waals surface area contributed by atoms with Gasteiger partial charge in [0, 0.05) is 48.6 Å². The van der Waals surface area contributed by atoms with Gasteiger partial charge in [-0.2, -0.15) is 0 Å². The molecular weight excluding hydrogens is 488 g/mol. The summed E-state index contributed by atoms with van der Waals surface area (Å²) in [6, 6.07) is 25.3. The molecule has 0 radical (unpaired) electrons. The first-order chi connectivity index (χ1) is 19.5. The zero-order chi connectivity index (χ0) is 28.1. The number of nitrogens with zero attached hydrogens (tertiary/aromatic N) is 4. The highest BCUT2D eigenvalue weighted by Gasteiger charge is 2.13. The monoisotopic (exact) mass is 522 g/mol. The van der Waals surface area contributed by atoms with Gasteiger partial charge < -0.3 is 4.90 Å². The molecule has 198 valence electrons. The van der Waals surface area contributed by atoms with Crippen molar-refractivity contribution in [2.75, 3.05) is 14.1 Å². The predicted octanol–water partition coefficient (Wildman–Crippen LogP) is 8.56. The maximum Gasteiger partial charge on any atom is 0.145 e.